The SMILES string of the molecule is COc1ccc(CCNC(=O)COC(=O)CN(C)c2ncccn2)cc1. The molecule has 8 heteroatoms. The van der Waals surface area contributed by atoms with E-state index in [1.807, 2.05) is 24.3 Å². The summed E-state index contributed by atoms with van der Waals surface area (Å²) in [7, 11) is 3.28. The number of nitrogens with zero attached hydrogens (tertiary/aromatic N) is 3. The maximum Gasteiger partial charge on any atom is 0.326 e. The fourth-order valence-electron chi connectivity index (χ4n) is 2.13. The van der Waals surface area contributed by atoms with Crippen LogP contribution in [0.3, 0.4) is 0 Å². The monoisotopic (exact) mass is 358 g/mol. The van der Waals surface area contributed by atoms with Gasteiger partial charge in [-0.25, -0.2) is 9.97 Å². The average Bonchev–Trinajstić information content (AvgIpc) is 2.67. The first-order chi connectivity index (χ1) is 12.6. The molecule has 0 radical (unpaired) electrons. The molecule has 8 nitrogen and oxygen atoms in total. The second-order valence-corrected chi connectivity index (χ2v) is 5.51. The Morgan fingerprint density at radius 2 is 1.85 bits per heavy atom. The van der Waals surface area contributed by atoms with Crippen molar-refractivity contribution in [3.8, 4) is 5.75 Å². The zero-order chi connectivity index (χ0) is 18.8. The van der Waals surface area contributed by atoms with Gasteiger partial charge in [0.1, 0.15) is 12.3 Å². The van der Waals surface area contributed by atoms with Gasteiger partial charge in [0.25, 0.3) is 5.91 Å². The number of esters is 1. The first-order valence-corrected chi connectivity index (χ1v) is 8.12. The fraction of sp³-hybridized carbons (Fsp3) is 0.333. The van der Waals surface area contributed by atoms with E-state index >= 15 is 0 Å². The van der Waals surface area contributed by atoms with E-state index in [2.05, 4.69) is 15.3 Å². The van der Waals surface area contributed by atoms with Crippen LogP contribution in [0.4, 0.5) is 5.95 Å². The summed E-state index contributed by atoms with van der Waals surface area (Å²) in [4.78, 5) is 33.1. The number of rotatable bonds is 9. The molecule has 0 unspecified atom stereocenters. The van der Waals surface area contributed by atoms with E-state index in [0.29, 0.717) is 18.9 Å². The number of hydrogen-bond donors (Lipinski definition) is 1. The molecule has 2 aromatic rings. The second-order valence-electron chi connectivity index (χ2n) is 5.51. The molecule has 0 atom stereocenters. The summed E-state index contributed by atoms with van der Waals surface area (Å²) >= 11 is 0. The summed E-state index contributed by atoms with van der Waals surface area (Å²) in [6, 6.07) is 9.29. The molecule has 0 aliphatic rings. The van der Waals surface area contributed by atoms with Crippen molar-refractivity contribution in [2.75, 3.05) is 38.8 Å². The van der Waals surface area contributed by atoms with Gasteiger partial charge in [0, 0.05) is 26.0 Å². The number of aromatic nitrogens is 2. The van der Waals surface area contributed by atoms with Crippen molar-refractivity contribution in [3.05, 3.63) is 48.3 Å². The maximum atomic E-state index is 11.8. The van der Waals surface area contributed by atoms with E-state index in [-0.39, 0.29) is 19.1 Å². The van der Waals surface area contributed by atoms with Gasteiger partial charge in [-0.3, -0.25) is 9.59 Å². The molecule has 1 aromatic heterocycles. The first-order valence-electron chi connectivity index (χ1n) is 8.12. The summed E-state index contributed by atoms with van der Waals surface area (Å²) < 4.78 is 10.1. The fourth-order valence-corrected chi connectivity index (χ4v) is 2.13. The molecule has 0 bridgehead atoms. The van der Waals surface area contributed by atoms with Crippen molar-refractivity contribution in [1.29, 1.82) is 0 Å². The number of amides is 1. The topological polar surface area (TPSA) is 93.6 Å². The van der Waals surface area contributed by atoms with E-state index in [1.54, 1.807) is 37.5 Å². The molecular formula is C18H22N4O4. The summed E-state index contributed by atoms with van der Waals surface area (Å²) in [6.07, 6.45) is 3.85. The van der Waals surface area contributed by atoms with Gasteiger partial charge in [0.15, 0.2) is 6.61 Å². The van der Waals surface area contributed by atoms with Crippen LogP contribution in [0.2, 0.25) is 0 Å². The summed E-state index contributed by atoms with van der Waals surface area (Å²) in [6.45, 7) is 0.106. The molecule has 0 saturated heterocycles. The molecule has 1 heterocycles. The predicted octanol–water partition coefficient (Wildman–Crippen LogP) is 0.824. The van der Waals surface area contributed by atoms with Crippen LogP contribution in [-0.4, -0.2) is 55.7 Å². The Morgan fingerprint density at radius 1 is 1.15 bits per heavy atom. The van der Waals surface area contributed by atoms with Crippen LogP contribution in [0.1, 0.15) is 5.56 Å². The van der Waals surface area contributed by atoms with Gasteiger partial charge in [0.2, 0.25) is 5.95 Å². The van der Waals surface area contributed by atoms with E-state index < -0.39 is 5.97 Å². The van der Waals surface area contributed by atoms with Crippen molar-refractivity contribution in [3.63, 3.8) is 0 Å². The molecule has 0 fully saturated rings. The number of likely N-dealkylation sites (N-methyl/N-ethyl adjacent to an activating group) is 1. The highest BCUT2D eigenvalue weighted by Gasteiger charge is 2.12. The quantitative estimate of drug-likeness (QED) is 0.663. The number of benzene rings is 1. The summed E-state index contributed by atoms with van der Waals surface area (Å²) in [5.41, 5.74) is 1.08. The number of carbonyl (C=O) groups excluding carboxylic acids is 2. The van der Waals surface area contributed by atoms with Gasteiger partial charge < -0.3 is 19.7 Å². The molecule has 2 rings (SSSR count). The molecule has 0 aliphatic carbocycles. The van der Waals surface area contributed by atoms with E-state index in [0.717, 1.165) is 11.3 Å². The number of anilines is 1. The van der Waals surface area contributed by atoms with Crippen molar-refractivity contribution in [2.24, 2.45) is 0 Å². The number of ether oxygens (including phenoxy) is 2. The number of methoxy groups -OCH3 is 1. The Bertz CT molecular complexity index is 707. The van der Waals surface area contributed by atoms with Gasteiger partial charge in [0.05, 0.1) is 7.11 Å². The van der Waals surface area contributed by atoms with E-state index in [4.69, 9.17) is 9.47 Å². The Hall–Kier alpha value is -3.16. The molecule has 138 valence electrons. The molecule has 26 heavy (non-hydrogen) atoms. The maximum absolute atomic E-state index is 11.8. The Balaban J connectivity index is 1.63. The van der Waals surface area contributed by atoms with Gasteiger partial charge in [-0.05, 0) is 30.2 Å². The van der Waals surface area contributed by atoms with Crippen LogP contribution in [0, 0.1) is 0 Å². The third kappa shape index (κ3) is 6.39. The summed E-state index contributed by atoms with van der Waals surface area (Å²) in [5, 5.41) is 2.71. The Kier molecular flexibility index (Phi) is 7.35. The van der Waals surface area contributed by atoms with Crippen LogP contribution >= 0.6 is 0 Å². The minimum Gasteiger partial charge on any atom is -0.497 e. The first kappa shape index (κ1) is 19.2. The zero-order valence-corrected chi connectivity index (χ0v) is 14.8. The molecule has 1 N–H and O–H groups in total. The second kappa shape index (κ2) is 9.97. The van der Waals surface area contributed by atoms with Crippen molar-refractivity contribution >= 4 is 17.8 Å². The van der Waals surface area contributed by atoms with Crippen LogP contribution < -0.4 is 15.0 Å². The molecular weight excluding hydrogens is 336 g/mol. The Labute approximate surface area is 152 Å². The highest BCUT2D eigenvalue weighted by atomic mass is 16.5. The standard InChI is InChI=1S/C18H22N4O4/c1-22(18-20-9-3-10-21-18)12-17(24)26-13-16(23)19-11-8-14-4-6-15(25-2)7-5-14/h3-7,9-10H,8,11-13H2,1-2H3,(H,19,23). The minimum absolute atomic E-state index is 0.0386. The lowest BCUT2D eigenvalue weighted by Gasteiger charge is -2.15. The Morgan fingerprint density at radius 3 is 2.50 bits per heavy atom. The van der Waals surface area contributed by atoms with Gasteiger partial charge >= 0.3 is 5.97 Å². The lowest BCUT2D eigenvalue weighted by molar-refractivity contribution is -0.147. The third-order valence-corrected chi connectivity index (χ3v) is 3.52. The smallest absolute Gasteiger partial charge is 0.326 e. The number of nitrogens with one attached hydrogen (secondary N) is 1. The molecule has 0 spiro atoms. The van der Waals surface area contributed by atoms with Crippen LogP contribution in [-0.2, 0) is 20.7 Å². The van der Waals surface area contributed by atoms with Crippen molar-refractivity contribution in [2.45, 2.75) is 6.42 Å². The number of carbonyl (C=O) groups is 2. The minimum atomic E-state index is -0.523. The van der Waals surface area contributed by atoms with Gasteiger partial charge in [-0.2, -0.15) is 0 Å². The van der Waals surface area contributed by atoms with E-state index in [1.165, 1.54) is 0 Å². The highest BCUT2D eigenvalue weighted by Crippen LogP contribution is 2.11. The van der Waals surface area contributed by atoms with Crippen LogP contribution in [0.25, 0.3) is 0 Å². The van der Waals surface area contributed by atoms with Crippen LogP contribution in [0.15, 0.2) is 42.7 Å². The van der Waals surface area contributed by atoms with Crippen molar-refractivity contribution in [1.82, 2.24) is 15.3 Å². The lowest BCUT2D eigenvalue weighted by Crippen LogP contribution is -2.33. The number of hydrogen-bond acceptors (Lipinski definition) is 7. The van der Waals surface area contributed by atoms with Crippen LogP contribution in [0.5, 0.6) is 5.75 Å². The average molecular weight is 358 g/mol. The van der Waals surface area contributed by atoms with Gasteiger partial charge in [-0.15, -0.1) is 0 Å². The largest absolute Gasteiger partial charge is 0.497 e. The molecule has 1 aromatic carbocycles. The highest BCUT2D eigenvalue weighted by molar-refractivity contribution is 5.81. The molecule has 1 amide bonds. The zero-order valence-electron chi connectivity index (χ0n) is 14.8. The van der Waals surface area contributed by atoms with Crippen molar-refractivity contribution < 1.29 is 19.1 Å². The third-order valence-electron chi connectivity index (χ3n) is 3.52. The van der Waals surface area contributed by atoms with E-state index in [9.17, 15) is 9.59 Å². The predicted molar refractivity (Wildman–Crippen MR) is 96.0 cm³/mol. The molecule has 0 saturated carbocycles. The normalized spacial score (nSPS) is 10.1. The summed E-state index contributed by atoms with van der Waals surface area (Å²) in [5.74, 6) is 0.333. The molecule has 0 aliphatic heterocycles. The lowest BCUT2D eigenvalue weighted by atomic mass is 10.1. The van der Waals surface area contributed by atoms with Gasteiger partial charge in [-0.1, -0.05) is 12.1 Å².